The van der Waals surface area contributed by atoms with Crippen LogP contribution in [0.2, 0.25) is 0 Å². The molecule has 1 aromatic rings. The van der Waals surface area contributed by atoms with E-state index in [9.17, 15) is 5.11 Å². The number of ether oxygens (including phenoxy) is 3. The third kappa shape index (κ3) is 2.13. The van der Waals surface area contributed by atoms with Crippen molar-refractivity contribution in [3.8, 4) is 11.5 Å². The zero-order chi connectivity index (χ0) is 20.4. The molecule has 5 heteroatoms. The average molecular weight is 398 g/mol. The number of unbranched alkanes of at least 4 members (excludes halogenated alkanes) is 1. The minimum absolute atomic E-state index is 0.312. The second-order valence-corrected chi connectivity index (χ2v) is 8.84. The van der Waals surface area contributed by atoms with Crippen LogP contribution in [0.25, 0.3) is 0 Å². The van der Waals surface area contributed by atoms with Crippen LogP contribution in [0.1, 0.15) is 43.7 Å². The lowest BCUT2D eigenvalue weighted by Crippen LogP contribution is -2.68. The maximum Gasteiger partial charge on any atom is 0.204 e. The van der Waals surface area contributed by atoms with Gasteiger partial charge in [-0.05, 0) is 56.1 Å². The fraction of sp³-hybridized carbons (Fsp3) is 0.583. The molecule has 2 heterocycles. The van der Waals surface area contributed by atoms with Crippen molar-refractivity contribution in [3.63, 3.8) is 0 Å². The topological polar surface area (TPSA) is 51.2 Å². The van der Waals surface area contributed by atoms with E-state index in [2.05, 4.69) is 31.0 Å². The van der Waals surface area contributed by atoms with E-state index in [0.717, 1.165) is 49.5 Å². The Bertz CT molecular complexity index is 906. The highest BCUT2D eigenvalue weighted by atomic mass is 16.6. The van der Waals surface area contributed by atoms with Crippen molar-refractivity contribution < 1.29 is 19.3 Å². The summed E-state index contributed by atoms with van der Waals surface area (Å²) in [5.74, 6) is 2.25. The van der Waals surface area contributed by atoms with Crippen molar-refractivity contribution in [2.24, 2.45) is 0 Å². The summed E-state index contributed by atoms with van der Waals surface area (Å²) >= 11 is 0. The van der Waals surface area contributed by atoms with Crippen LogP contribution < -0.4 is 9.47 Å². The lowest BCUT2D eigenvalue weighted by Gasteiger charge is -2.58. The van der Waals surface area contributed by atoms with Gasteiger partial charge < -0.3 is 19.3 Å². The molecule has 1 saturated heterocycles. The third-order valence-corrected chi connectivity index (χ3v) is 7.69. The Morgan fingerprint density at radius 1 is 1.28 bits per heavy atom. The van der Waals surface area contributed by atoms with Gasteiger partial charge in [-0.2, -0.15) is 0 Å². The van der Waals surface area contributed by atoms with Crippen LogP contribution in [0.5, 0.6) is 11.5 Å². The molecule has 1 aromatic carbocycles. The lowest BCUT2D eigenvalue weighted by atomic mass is 9.51. The first kappa shape index (κ1) is 19.0. The Kier molecular flexibility index (Phi) is 4.27. The highest BCUT2D eigenvalue weighted by Gasteiger charge is 2.72. The second kappa shape index (κ2) is 6.51. The first-order valence-corrected chi connectivity index (χ1v) is 10.8. The number of nitrogens with zero attached hydrogens (tertiary/aromatic N) is 1. The molecule has 5 rings (SSSR count). The molecule has 0 radical (unpaired) electrons. The first-order chi connectivity index (χ1) is 14.0. The van der Waals surface area contributed by atoms with Crippen molar-refractivity contribution in [3.05, 3.63) is 46.7 Å². The predicted molar refractivity (Wildman–Crippen MR) is 111 cm³/mol. The van der Waals surface area contributed by atoms with Gasteiger partial charge in [0, 0.05) is 11.6 Å². The standard InChI is InChI=1S/C24H31NO4/c1-5-6-7-19(26)24-20(28-4)11-9-16-17-14-15-8-10-18(27-3)22(29-24)21(15)23(16,24)12-13-25(17)2/h8-11,17,19,26H,5-7,12-14H2,1-4H3/t17-,19-,23-,24-/m1/s1. The fourth-order valence-corrected chi connectivity index (χ4v) is 6.39. The first-order valence-electron chi connectivity index (χ1n) is 10.8. The number of aliphatic hydroxyl groups is 1. The fourth-order valence-electron chi connectivity index (χ4n) is 6.39. The van der Waals surface area contributed by atoms with Crippen LogP contribution >= 0.6 is 0 Å². The largest absolute Gasteiger partial charge is 0.497 e. The molecule has 4 atom stereocenters. The van der Waals surface area contributed by atoms with Gasteiger partial charge in [0.1, 0.15) is 11.9 Å². The predicted octanol–water partition coefficient (Wildman–Crippen LogP) is 3.35. The van der Waals surface area contributed by atoms with Gasteiger partial charge in [0.05, 0.1) is 19.6 Å². The van der Waals surface area contributed by atoms with Gasteiger partial charge >= 0.3 is 0 Å². The van der Waals surface area contributed by atoms with Crippen LogP contribution in [0.15, 0.2) is 35.6 Å². The molecule has 0 saturated carbocycles. The Morgan fingerprint density at radius 2 is 2.10 bits per heavy atom. The molecule has 29 heavy (non-hydrogen) atoms. The molecule has 0 amide bonds. The van der Waals surface area contributed by atoms with Gasteiger partial charge in [-0.1, -0.05) is 31.9 Å². The van der Waals surface area contributed by atoms with Gasteiger partial charge in [0.2, 0.25) is 5.60 Å². The van der Waals surface area contributed by atoms with E-state index in [-0.39, 0.29) is 0 Å². The van der Waals surface area contributed by atoms with Crippen molar-refractivity contribution >= 4 is 0 Å². The van der Waals surface area contributed by atoms with E-state index in [4.69, 9.17) is 14.2 Å². The van der Waals surface area contributed by atoms with Crippen molar-refractivity contribution in [1.29, 1.82) is 0 Å². The van der Waals surface area contributed by atoms with E-state index in [1.807, 2.05) is 12.1 Å². The summed E-state index contributed by atoms with van der Waals surface area (Å²) < 4.78 is 18.5. The zero-order valence-electron chi connectivity index (χ0n) is 17.8. The second-order valence-electron chi connectivity index (χ2n) is 8.84. The Hall–Kier alpha value is -1.98. The van der Waals surface area contributed by atoms with Crippen LogP contribution in [0, 0.1) is 0 Å². The number of hydrogen-bond donors (Lipinski definition) is 1. The number of rotatable bonds is 6. The van der Waals surface area contributed by atoms with E-state index in [0.29, 0.717) is 12.5 Å². The van der Waals surface area contributed by atoms with Gasteiger partial charge in [-0.3, -0.25) is 4.90 Å². The molecule has 0 unspecified atom stereocenters. The molecule has 0 aromatic heterocycles. The quantitative estimate of drug-likeness (QED) is 0.798. The van der Waals surface area contributed by atoms with Crippen LogP contribution in [-0.2, 0) is 16.6 Å². The Balaban J connectivity index is 1.82. The summed E-state index contributed by atoms with van der Waals surface area (Å²) in [6.07, 6.45) is 8.09. The summed E-state index contributed by atoms with van der Waals surface area (Å²) in [4.78, 5) is 2.44. The van der Waals surface area contributed by atoms with Crippen molar-refractivity contribution in [2.45, 2.75) is 62.2 Å². The third-order valence-electron chi connectivity index (χ3n) is 7.69. The molecule has 1 spiro atoms. The summed E-state index contributed by atoms with van der Waals surface area (Å²) in [7, 11) is 5.58. The number of aliphatic hydroxyl groups excluding tert-OH is 1. The summed E-state index contributed by atoms with van der Waals surface area (Å²) in [5.41, 5.74) is 2.52. The molecular formula is C24H31NO4. The maximum absolute atomic E-state index is 11.7. The monoisotopic (exact) mass is 397 g/mol. The SMILES string of the molecule is CCCC[C@@H](O)[C@]12Oc3c(OC)ccc4c3[C@]13CCN(C)[C@H](C4)C3=CC=C2OC. The van der Waals surface area contributed by atoms with Gasteiger partial charge in [-0.25, -0.2) is 0 Å². The van der Waals surface area contributed by atoms with Crippen molar-refractivity contribution in [2.75, 3.05) is 27.8 Å². The number of benzene rings is 1. The molecule has 1 N–H and O–H groups in total. The molecule has 4 aliphatic rings. The number of likely N-dealkylation sites (N-methyl/N-ethyl adjacent to an activating group) is 1. The Labute approximate surface area is 172 Å². The summed E-state index contributed by atoms with van der Waals surface area (Å²) in [6, 6.07) is 4.51. The number of piperidine rings is 1. The van der Waals surface area contributed by atoms with E-state index < -0.39 is 17.1 Å². The van der Waals surface area contributed by atoms with Crippen molar-refractivity contribution in [1.82, 2.24) is 4.90 Å². The molecule has 156 valence electrons. The smallest absolute Gasteiger partial charge is 0.204 e. The van der Waals surface area contributed by atoms with Crippen LogP contribution in [0.3, 0.4) is 0 Å². The highest BCUT2D eigenvalue weighted by molar-refractivity contribution is 5.70. The Morgan fingerprint density at radius 3 is 2.83 bits per heavy atom. The molecule has 2 bridgehead atoms. The summed E-state index contributed by atoms with van der Waals surface area (Å²) in [6.45, 7) is 3.11. The average Bonchev–Trinajstić information content (AvgIpc) is 3.06. The molecule has 5 nitrogen and oxygen atoms in total. The molecule has 2 aliphatic heterocycles. The van der Waals surface area contributed by atoms with Gasteiger partial charge in [0.25, 0.3) is 0 Å². The number of hydrogen-bond acceptors (Lipinski definition) is 5. The van der Waals surface area contributed by atoms with Crippen LogP contribution in [-0.4, -0.2) is 55.6 Å². The lowest BCUT2D eigenvalue weighted by molar-refractivity contribution is -0.0990. The minimum Gasteiger partial charge on any atom is -0.497 e. The summed E-state index contributed by atoms with van der Waals surface area (Å²) in [5, 5.41) is 11.7. The zero-order valence-corrected chi connectivity index (χ0v) is 17.8. The normalized spacial score (nSPS) is 32.7. The molecular weight excluding hydrogens is 366 g/mol. The number of likely N-dealkylation sites (tertiary alicyclic amines) is 1. The van der Waals surface area contributed by atoms with E-state index in [1.165, 1.54) is 16.7 Å². The number of allylic oxidation sites excluding steroid dienone is 2. The number of methoxy groups -OCH3 is 2. The van der Waals surface area contributed by atoms with Gasteiger partial charge in [0.15, 0.2) is 11.5 Å². The van der Waals surface area contributed by atoms with Crippen LogP contribution in [0.4, 0.5) is 0 Å². The minimum atomic E-state index is -0.938. The van der Waals surface area contributed by atoms with Gasteiger partial charge in [-0.15, -0.1) is 0 Å². The van der Waals surface area contributed by atoms with E-state index >= 15 is 0 Å². The maximum atomic E-state index is 11.7. The highest BCUT2D eigenvalue weighted by Crippen LogP contribution is 2.67. The van der Waals surface area contributed by atoms with E-state index in [1.54, 1.807) is 14.2 Å². The molecule has 2 aliphatic carbocycles. The molecule has 1 fully saturated rings.